The van der Waals surface area contributed by atoms with Gasteiger partial charge in [0.25, 0.3) is 0 Å². The maximum Gasteiger partial charge on any atom is 0.0286 e. The predicted molar refractivity (Wildman–Crippen MR) is 74.0 cm³/mol. The van der Waals surface area contributed by atoms with Crippen molar-refractivity contribution in [2.45, 2.75) is 83.3 Å². The molecule has 2 rings (SSSR count). The normalized spacial score (nSPS) is 44.1. The second-order valence-corrected chi connectivity index (χ2v) is 6.72. The van der Waals surface area contributed by atoms with Crippen LogP contribution in [0.2, 0.25) is 0 Å². The molecule has 2 nitrogen and oxygen atoms in total. The Balaban J connectivity index is 1.98. The minimum absolute atomic E-state index is 0.101. The number of hydrogen-bond donors (Lipinski definition) is 1. The van der Waals surface area contributed by atoms with Crippen molar-refractivity contribution in [2.24, 2.45) is 11.7 Å². The standard InChI is InChI=1S/C15H30N2/c1-4-14-8-7-13(3)17(14)11-15(16)9-5-6-12(2)10-15/h12-14H,4-11,16H2,1-3H3. The lowest BCUT2D eigenvalue weighted by molar-refractivity contribution is 0.114. The Hall–Kier alpha value is -0.0800. The van der Waals surface area contributed by atoms with Crippen molar-refractivity contribution in [2.75, 3.05) is 6.54 Å². The molecule has 0 spiro atoms. The molecule has 2 aliphatic rings. The van der Waals surface area contributed by atoms with Gasteiger partial charge in [0.2, 0.25) is 0 Å². The third-order valence-electron chi connectivity index (χ3n) is 5.05. The van der Waals surface area contributed by atoms with E-state index >= 15 is 0 Å². The van der Waals surface area contributed by atoms with Crippen LogP contribution in [-0.2, 0) is 0 Å². The molecule has 0 aromatic heterocycles. The lowest BCUT2D eigenvalue weighted by atomic mass is 9.76. The molecule has 4 atom stereocenters. The van der Waals surface area contributed by atoms with Crippen molar-refractivity contribution in [1.29, 1.82) is 0 Å². The summed E-state index contributed by atoms with van der Waals surface area (Å²) < 4.78 is 0. The van der Waals surface area contributed by atoms with Crippen LogP contribution < -0.4 is 5.73 Å². The lowest BCUT2D eigenvalue weighted by Crippen LogP contribution is -2.55. The van der Waals surface area contributed by atoms with Crippen molar-refractivity contribution < 1.29 is 0 Å². The molecule has 0 bridgehead atoms. The van der Waals surface area contributed by atoms with Crippen LogP contribution in [0.5, 0.6) is 0 Å². The molecule has 1 aliphatic heterocycles. The summed E-state index contributed by atoms with van der Waals surface area (Å²) in [6.45, 7) is 8.20. The van der Waals surface area contributed by atoms with Crippen LogP contribution in [0.4, 0.5) is 0 Å². The summed E-state index contributed by atoms with van der Waals surface area (Å²) in [5.74, 6) is 0.826. The largest absolute Gasteiger partial charge is 0.324 e. The van der Waals surface area contributed by atoms with Gasteiger partial charge >= 0.3 is 0 Å². The van der Waals surface area contributed by atoms with Gasteiger partial charge in [-0.15, -0.1) is 0 Å². The predicted octanol–water partition coefficient (Wildman–Crippen LogP) is 3.16. The molecular formula is C15H30N2. The quantitative estimate of drug-likeness (QED) is 0.818. The number of nitrogens with two attached hydrogens (primary N) is 1. The average Bonchev–Trinajstić information content (AvgIpc) is 2.59. The molecule has 100 valence electrons. The molecule has 2 N–H and O–H groups in total. The van der Waals surface area contributed by atoms with Gasteiger partial charge in [-0.3, -0.25) is 4.90 Å². The molecule has 4 unspecified atom stereocenters. The molecule has 1 heterocycles. The maximum absolute atomic E-state index is 6.67. The van der Waals surface area contributed by atoms with E-state index in [4.69, 9.17) is 5.73 Å². The molecule has 0 aromatic carbocycles. The summed E-state index contributed by atoms with van der Waals surface area (Å²) >= 11 is 0. The molecule has 1 saturated carbocycles. The zero-order valence-electron chi connectivity index (χ0n) is 11.9. The van der Waals surface area contributed by atoms with Crippen LogP contribution in [0.1, 0.15) is 65.7 Å². The van der Waals surface area contributed by atoms with Gasteiger partial charge in [-0.2, -0.15) is 0 Å². The first-order chi connectivity index (χ1) is 8.04. The van der Waals surface area contributed by atoms with Crippen molar-refractivity contribution in [3.63, 3.8) is 0 Å². The Kier molecular flexibility index (Phi) is 4.14. The summed E-state index contributed by atoms with van der Waals surface area (Å²) in [7, 11) is 0. The molecule has 1 saturated heterocycles. The van der Waals surface area contributed by atoms with Crippen LogP contribution in [0, 0.1) is 5.92 Å². The fourth-order valence-corrected chi connectivity index (χ4v) is 4.06. The molecular weight excluding hydrogens is 208 g/mol. The highest BCUT2D eigenvalue weighted by Gasteiger charge is 2.38. The Labute approximate surface area is 107 Å². The topological polar surface area (TPSA) is 29.3 Å². The van der Waals surface area contributed by atoms with E-state index in [0.29, 0.717) is 0 Å². The van der Waals surface area contributed by atoms with Gasteiger partial charge in [0.15, 0.2) is 0 Å². The van der Waals surface area contributed by atoms with Gasteiger partial charge in [0.05, 0.1) is 0 Å². The van der Waals surface area contributed by atoms with E-state index in [1.165, 1.54) is 44.9 Å². The highest BCUT2D eigenvalue weighted by molar-refractivity contribution is 4.96. The lowest BCUT2D eigenvalue weighted by Gasteiger charge is -2.42. The summed E-state index contributed by atoms with van der Waals surface area (Å²) in [5, 5.41) is 0. The zero-order valence-corrected chi connectivity index (χ0v) is 11.9. The smallest absolute Gasteiger partial charge is 0.0286 e. The average molecular weight is 238 g/mol. The Bertz CT molecular complexity index is 253. The van der Waals surface area contributed by atoms with Crippen molar-refractivity contribution >= 4 is 0 Å². The van der Waals surface area contributed by atoms with Crippen LogP contribution in [0.25, 0.3) is 0 Å². The van der Waals surface area contributed by atoms with Gasteiger partial charge in [0, 0.05) is 24.2 Å². The third kappa shape index (κ3) is 3.03. The molecule has 2 fully saturated rings. The number of hydrogen-bond acceptors (Lipinski definition) is 2. The first kappa shape index (κ1) is 13.4. The zero-order chi connectivity index (χ0) is 12.5. The van der Waals surface area contributed by atoms with E-state index in [0.717, 1.165) is 24.5 Å². The Morgan fingerprint density at radius 1 is 1.24 bits per heavy atom. The van der Waals surface area contributed by atoms with Crippen molar-refractivity contribution in [1.82, 2.24) is 4.90 Å². The van der Waals surface area contributed by atoms with E-state index < -0.39 is 0 Å². The summed E-state index contributed by atoms with van der Waals surface area (Å²) in [5.41, 5.74) is 6.77. The van der Waals surface area contributed by atoms with Gasteiger partial charge in [-0.25, -0.2) is 0 Å². The van der Waals surface area contributed by atoms with E-state index in [2.05, 4.69) is 25.7 Å². The molecule has 0 radical (unpaired) electrons. The molecule has 17 heavy (non-hydrogen) atoms. The second-order valence-electron chi connectivity index (χ2n) is 6.72. The SMILES string of the molecule is CCC1CCC(C)N1CC1(N)CCCC(C)C1. The minimum Gasteiger partial charge on any atom is -0.324 e. The summed E-state index contributed by atoms with van der Waals surface area (Å²) in [6.07, 6.45) is 9.20. The Morgan fingerprint density at radius 3 is 2.65 bits per heavy atom. The summed E-state index contributed by atoms with van der Waals surface area (Å²) in [4.78, 5) is 2.71. The third-order valence-corrected chi connectivity index (χ3v) is 5.05. The highest BCUT2D eigenvalue weighted by atomic mass is 15.2. The van der Waals surface area contributed by atoms with Crippen LogP contribution in [-0.4, -0.2) is 29.1 Å². The molecule has 0 aromatic rings. The van der Waals surface area contributed by atoms with E-state index in [-0.39, 0.29) is 5.54 Å². The first-order valence-electron chi connectivity index (χ1n) is 7.59. The molecule has 2 heteroatoms. The van der Waals surface area contributed by atoms with Crippen molar-refractivity contribution in [3.8, 4) is 0 Å². The maximum atomic E-state index is 6.67. The van der Waals surface area contributed by atoms with Gasteiger partial charge in [0.1, 0.15) is 0 Å². The van der Waals surface area contributed by atoms with Gasteiger partial charge < -0.3 is 5.73 Å². The van der Waals surface area contributed by atoms with E-state index in [9.17, 15) is 0 Å². The van der Waals surface area contributed by atoms with E-state index in [1.807, 2.05) is 0 Å². The number of rotatable bonds is 3. The second kappa shape index (κ2) is 5.27. The molecule has 0 amide bonds. The van der Waals surface area contributed by atoms with Gasteiger partial charge in [-0.05, 0) is 44.9 Å². The van der Waals surface area contributed by atoms with E-state index in [1.54, 1.807) is 0 Å². The monoisotopic (exact) mass is 238 g/mol. The van der Waals surface area contributed by atoms with Crippen molar-refractivity contribution in [3.05, 3.63) is 0 Å². The van der Waals surface area contributed by atoms with Gasteiger partial charge in [-0.1, -0.05) is 26.7 Å². The molecule has 1 aliphatic carbocycles. The number of nitrogens with zero attached hydrogens (tertiary/aromatic N) is 1. The van der Waals surface area contributed by atoms with Crippen LogP contribution in [0.15, 0.2) is 0 Å². The fraction of sp³-hybridized carbons (Fsp3) is 1.00. The van der Waals surface area contributed by atoms with Crippen LogP contribution >= 0.6 is 0 Å². The summed E-state index contributed by atoms with van der Waals surface area (Å²) in [6, 6.07) is 1.54. The minimum atomic E-state index is 0.101. The fourth-order valence-electron chi connectivity index (χ4n) is 4.06. The Morgan fingerprint density at radius 2 is 2.00 bits per heavy atom. The number of likely N-dealkylation sites (tertiary alicyclic amines) is 1. The highest BCUT2D eigenvalue weighted by Crippen LogP contribution is 2.34. The first-order valence-corrected chi connectivity index (χ1v) is 7.59. The van der Waals surface area contributed by atoms with Crippen LogP contribution in [0.3, 0.4) is 0 Å².